The van der Waals surface area contributed by atoms with Gasteiger partial charge in [-0.05, 0) is 41.8 Å². The van der Waals surface area contributed by atoms with Crippen molar-refractivity contribution in [1.82, 2.24) is 9.55 Å². The Morgan fingerprint density at radius 1 is 0.781 bits per heavy atom. The Bertz CT molecular complexity index is 1580. The summed E-state index contributed by atoms with van der Waals surface area (Å²) in [5.41, 5.74) is 1.49. The molecule has 1 aromatic heterocycles. The summed E-state index contributed by atoms with van der Waals surface area (Å²) in [6.07, 6.45) is 3.27. The lowest BCUT2D eigenvalue weighted by atomic mass is 10.1. The Balaban J connectivity index is 1.80. The predicted molar refractivity (Wildman–Crippen MR) is 127 cm³/mol. The molecule has 6 heteroatoms. The zero-order chi connectivity index (χ0) is 22.1. The van der Waals surface area contributed by atoms with Crippen LogP contribution in [0.25, 0.3) is 39.5 Å². The van der Waals surface area contributed by atoms with Crippen LogP contribution in [0.15, 0.2) is 95.8 Å². The Labute approximate surface area is 182 Å². The zero-order valence-electron chi connectivity index (χ0n) is 16.9. The van der Waals surface area contributed by atoms with Crippen molar-refractivity contribution in [3.8, 4) is 5.69 Å². The van der Waals surface area contributed by atoms with Crippen LogP contribution in [0.1, 0.15) is 11.4 Å². The zero-order valence-corrected chi connectivity index (χ0v) is 16.9. The fraction of sp³-hybridized carbons (Fsp3) is 0. The van der Waals surface area contributed by atoms with Gasteiger partial charge in [-0.3, -0.25) is 19.5 Å². The quantitative estimate of drug-likeness (QED) is 0.280. The van der Waals surface area contributed by atoms with E-state index < -0.39 is 4.92 Å². The first-order valence-electron chi connectivity index (χ1n) is 10.0. The number of aromatic nitrogens is 2. The first kappa shape index (κ1) is 19.4. The maximum absolute atomic E-state index is 13.6. The second-order valence-corrected chi connectivity index (χ2v) is 7.28. The lowest BCUT2D eigenvalue weighted by molar-refractivity contribution is -0.385. The molecule has 0 bridgehead atoms. The lowest BCUT2D eigenvalue weighted by Gasteiger charge is -2.14. The molecule has 0 aliphatic rings. The molecule has 154 valence electrons. The molecule has 0 saturated heterocycles. The van der Waals surface area contributed by atoms with Crippen LogP contribution in [-0.2, 0) is 0 Å². The van der Waals surface area contributed by atoms with E-state index in [9.17, 15) is 14.9 Å². The molecule has 5 aromatic rings. The van der Waals surface area contributed by atoms with E-state index in [1.54, 1.807) is 47.1 Å². The standard InChI is InChI=1S/C26H17N3O3/c30-26-21-12-4-5-13-22(21)27-25(17-16-19-9-2-6-14-23(19)29(31)32)28(26)24-15-7-10-18-8-1-3-11-20(18)24/h1-17H/b17-16-. The number of hydrogen-bond acceptors (Lipinski definition) is 4. The SMILES string of the molecule is O=c1c2ccccc2nc(/C=C\c2ccccc2[N+](=O)[O-])n1-c1cccc2ccccc12. The van der Waals surface area contributed by atoms with Gasteiger partial charge in [-0.2, -0.15) is 0 Å². The average molecular weight is 419 g/mol. The van der Waals surface area contributed by atoms with Crippen molar-refractivity contribution in [2.45, 2.75) is 0 Å². The van der Waals surface area contributed by atoms with Crippen molar-refractivity contribution in [1.29, 1.82) is 0 Å². The van der Waals surface area contributed by atoms with E-state index >= 15 is 0 Å². The second-order valence-electron chi connectivity index (χ2n) is 7.28. The van der Waals surface area contributed by atoms with E-state index in [2.05, 4.69) is 0 Å². The van der Waals surface area contributed by atoms with Crippen molar-refractivity contribution in [3.63, 3.8) is 0 Å². The lowest BCUT2D eigenvalue weighted by Crippen LogP contribution is -2.22. The third-order valence-corrected chi connectivity index (χ3v) is 5.35. The summed E-state index contributed by atoms with van der Waals surface area (Å²) in [6, 6.07) is 27.2. The van der Waals surface area contributed by atoms with Gasteiger partial charge in [0.25, 0.3) is 11.2 Å². The predicted octanol–water partition coefficient (Wildman–Crippen LogP) is 5.62. The normalized spacial score (nSPS) is 11.4. The summed E-state index contributed by atoms with van der Waals surface area (Å²) in [5, 5.41) is 13.8. The molecule has 5 rings (SSSR count). The number of benzene rings is 4. The molecule has 0 aliphatic heterocycles. The summed E-state index contributed by atoms with van der Waals surface area (Å²) in [7, 11) is 0. The van der Waals surface area contributed by atoms with Gasteiger partial charge in [0.15, 0.2) is 0 Å². The van der Waals surface area contributed by atoms with Crippen molar-refractivity contribution in [2.75, 3.05) is 0 Å². The first-order valence-corrected chi connectivity index (χ1v) is 10.0. The number of nitro benzene ring substituents is 1. The average Bonchev–Trinajstić information content (AvgIpc) is 2.83. The summed E-state index contributed by atoms with van der Waals surface area (Å²) < 4.78 is 1.57. The summed E-state index contributed by atoms with van der Waals surface area (Å²) in [5.74, 6) is 0.392. The molecule has 32 heavy (non-hydrogen) atoms. The van der Waals surface area contributed by atoms with Crippen LogP contribution >= 0.6 is 0 Å². The van der Waals surface area contributed by atoms with Crippen LogP contribution in [-0.4, -0.2) is 14.5 Å². The fourth-order valence-electron chi connectivity index (χ4n) is 3.86. The molecule has 4 aromatic carbocycles. The highest BCUT2D eigenvalue weighted by Gasteiger charge is 2.14. The van der Waals surface area contributed by atoms with Gasteiger partial charge >= 0.3 is 0 Å². The monoisotopic (exact) mass is 419 g/mol. The number of fused-ring (bicyclic) bond motifs is 2. The van der Waals surface area contributed by atoms with Gasteiger partial charge in [-0.15, -0.1) is 0 Å². The number of nitrogens with zero attached hydrogens (tertiary/aromatic N) is 3. The molecule has 0 unspecified atom stereocenters. The fourth-order valence-corrected chi connectivity index (χ4v) is 3.86. The topological polar surface area (TPSA) is 78.0 Å². The molecule has 0 radical (unpaired) electrons. The molecule has 1 heterocycles. The van der Waals surface area contributed by atoms with Gasteiger partial charge in [0.1, 0.15) is 5.82 Å². The van der Waals surface area contributed by atoms with Gasteiger partial charge < -0.3 is 0 Å². The van der Waals surface area contributed by atoms with E-state index in [1.807, 2.05) is 54.6 Å². The number of hydrogen-bond donors (Lipinski definition) is 0. The van der Waals surface area contributed by atoms with Gasteiger partial charge in [0.2, 0.25) is 0 Å². The molecule has 6 nitrogen and oxygen atoms in total. The third-order valence-electron chi connectivity index (χ3n) is 5.35. The summed E-state index contributed by atoms with van der Waals surface area (Å²) in [6.45, 7) is 0. The molecule has 0 atom stereocenters. The molecule has 0 amide bonds. The van der Waals surface area contributed by atoms with Gasteiger partial charge in [0, 0.05) is 11.5 Å². The van der Waals surface area contributed by atoms with Crippen LogP contribution in [0.3, 0.4) is 0 Å². The smallest absolute Gasteiger partial charge is 0.268 e. The maximum Gasteiger partial charge on any atom is 0.276 e. The highest BCUT2D eigenvalue weighted by molar-refractivity contribution is 5.91. The van der Waals surface area contributed by atoms with Crippen molar-refractivity contribution < 1.29 is 4.92 Å². The van der Waals surface area contributed by atoms with Gasteiger partial charge in [0.05, 0.1) is 27.1 Å². The molecular weight excluding hydrogens is 402 g/mol. The summed E-state index contributed by atoms with van der Waals surface area (Å²) >= 11 is 0. The highest BCUT2D eigenvalue weighted by Crippen LogP contribution is 2.25. The van der Waals surface area contributed by atoms with Crippen molar-refractivity contribution in [3.05, 3.63) is 123 Å². The van der Waals surface area contributed by atoms with Crippen molar-refractivity contribution in [2.24, 2.45) is 0 Å². The van der Waals surface area contributed by atoms with Crippen LogP contribution in [0, 0.1) is 10.1 Å². The minimum absolute atomic E-state index is 0.0106. The largest absolute Gasteiger partial charge is 0.276 e. The van der Waals surface area contributed by atoms with Crippen LogP contribution in [0.5, 0.6) is 0 Å². The van der Waals surface area contributed by atoms with E-state index in [4.69, 9.17) is 4.98 Å². The number of para-hydroxylation sites is 2. The Hall–Kier alpha value is -4.58. The first-order chi connectivity index (χ1) is 15.6. The highest BCUT2D eigenvalue weighted by atomic mass is 16.6. The van der Waals surface area contributed by atoms with Crippen LogP contribution in [0.4, 0.5) is 5.69 Å². The molecule has 0 spiro atoms. The van der Waals surface area contributed by atoms with Crippen LogP contribution < -0.4 is 5.56 Å². The number of nitro groups is 1. The van der Waals surface area contributed by atoms with E-state index in [0.717, 1.165) is 10.8 Å². The molecule has 0 saturated carbocycles. The second kappa shape index (κ2) is 7.92. The van der Waals surface area contributed by atoms with Crippen LogP contribution in [0.2, 0.25) is 0 Å². The van der Waals surface area contributed by atoms with E-state index in [-0.39, 0.29) is 11.2 Å². The number of rotatable bonds is 4. The Morgan fingerprint density at radius 2 is 1.47 bits per heavy atom. The Kier molecular flexibility index (Phi) is 4.80. The molecule has 0 fully saturated rings. The molecule has 0 aliphatic carbocycles. The summed E-state index contributed by atoms with van der Waals surface area (Å²) in [4.78, 5) is 29.2. The van der Waals surface area contributed by atoms with Gasteiger partial charge in [-0.25, -0.2) is 4.98 Å². The minimum Gasteiger partial charge on any atom is -0.268 e. The third kappa shape index (κ3) is 3.33. The van der Waals surface area contributed by atoms with Crippen molar-refractivity contribution >= 4 is 39.5 Å². The molecular formula is C26H17N3O3. The molecule has 0 N–H and O–H groups in total. The Morgan fingerprint density at radius 3 is 2.31 bits per heavy atom. The van der Waals surface area contributed by atoms with E-state index in [1.165, 1.54) is 6.07 Å². The maximum atomic E-state index is 13.6. The minimum atomic E-state index is -0.425. The van der Waals surface area contributed by atoms with Gasteiger partial charge in [-0.1, -0.05) is 60.7 Å². The van der Waals surface area contributed by atoms with E-state index in [0.29, 0.717) is 28.0 Å².